The molecule has 3 amide bonds. The zero-order valence-corrected chi connectivity index (χ0v) is 15.6. The summed E-state index contributed by atoms with van der Waals surface area (Å²) < 4.78 is 4.70. The fourth-order valence-electron chi connectivity index (χ4n) is 3.12. The van der Waals surface area contributed by atoms with Crippen LogP contribution in [0.4, 0.5) is 10.5 Å². The van der Waals surface area contributed by atoms with Gasteiger partial charge in [0, 0.05) is 12.6 Å². The van der Waals surface area contributed by atoms with Crippen molar-refractivity contribution in [3.8, 4) is 0 Å². The highest BCUT2D eigenvalue weighted by molar-refractivity contribution is 6.31. The molecule has 0 radical (unpaired) electrons. The van der Waals surface area contributed by atoms with Crippen LogP contribution in [0.15, 0.2) is 41.0 Å². The number of urea groups is 1. The van der Waals surface area contributed by atoms with Gasteiger partial charge >= 0.3 is 12.0 Å². The van der Waals surface area contributed by atoms with Gasteiger partial charge in [0.2, 0.25) is 0 Å². The van der Waals surface area contributed by atoms with Crippen LogP contribution in [0.2, 0.25) is 0 Å². The molecule has 1 aromatic rings. The Hall–Kier alpha value is -3.29. The molecule has 1 saturated heterocycles. The number of hydrogen-bond donors (Lipinski definition) is 1. The van der Waals surface area contributed by atoms with E-state index in [0.29, 0.717) is 29.2 Å². The second kappa shape index (κ2) is 7.14. The lowest BCUT2D eigenvalue weighted by Crippen LogP contribution is -2.80. The molecule has 0 aliphatic carbocycles. The molecule has 3 rings (SSSR count). The molecule has 0 aromatic heterocycles. The van der Waals surface area contributed by atoms with E-state index in [1.165, 1.54) is 19.1 Å². The molecule has 1 atom stereocenters. The number of nitrogens with one attached hydrogen (secondary N) is 1. The molecular formula is C19H21N4O4+. The summed E-state index contributed by atoms with van der Waals surface area (Å²) in [6.07, 6.45) is 2.44. The smallest absolute Gasteiger partial charge is 0.417 e. The van der Waals surface area contributed by atoms with E-state index >= 15 is 0 Å². The minimum Gasteiger partial charge on any atom is -0.465 e. The van der Waals surface area contributed by atoms with E-state index in [1.807, 2.05) is 6.92 Å². The van der Waals surface area contributed by atoms with Gasteiger partial charge in [-0.25, -0.2) is 19.5 Å². The van der Waals surface area contributed by atoms with Gasteiger partial charge in [-0.1, -0.05) is 6.92 Å². The number of rotatable bonds is 3. The van der Waals surface area contributed by atoms with Crippen LogP contribution in [0, 0.1) is 5.92 Å². The van der Waals surface area contributed by atoms with Gasteiger partial charge in [-0.15, -0.1) is 0 Å². The standard InChI is InChI=1S/C19H20N4O4/c1-5-11-10-20-16-14(17(24)23(3)19(26)22(16)2)15(11)21-13-8-6-12(7-9-13)18(25)27-4/h6-10,14H,5H2,1-4H3/p+1. The first-order valence-corrected chi connectivity index (χ1v) is 8.54. The monoisotopic (exact) mass is 369 g/mol. The maximum atomic E-state index is 12.8. The summed E-state index contributed by atoms with van der Waals surface area (Å²) in [4.78, 5) is 46.9. The van der Waals surface area contributed by atoms with Crippen LogP contribution in [0.5, 0.6) is 0 Å². The molecule has 8 heteroatoms. The number of carbonyl (C=O) groups is 3. The van der Waals surface area contributed by atoms with Crippen LogP contribution < -0.4 is 4.99 Å². The van der Waals surface area contributed by atoms with Gasteiger partial charge in [0.25, 0.3) is 11.7 Å². The van der Waals surface area contributed by atoms with Gasteiger partial charge < -0.3 is 4.74 Å². The Labute approximate surface area is 156 Å². The number of esters is 1. The first-order chi connectivity index (χ1) is 12.9. The van der Waals surface area contributed by atoms with Crippen molar-refractivity contribution in [2.75, 3.05) is 21.2 Å². The SMILES string of the molecule is CCC1=C[NH+]=C2C(C(=O)N(C)C(=O)N2C)C1=Nc1ccc(C(=O)OC)cc1. The molecular weight excluding hydrogens is 348 g/mol. The normalized spacial score (nSPS) is 21.0. The number of ether oxygens (including phenoxy) is 1. The Balaban J connectivity index is 2.04. The molecule has 2 aliphatic rings. The lowest BCUT2D eigenvalue weighted by Gasteiger charge is -2.32. The van der Waals surface area contributed by atoms with Crippen molar-refractivity contribution in [3.05, 3.63) is 41.6 Å². The summed E-state index contributed by atoms with van der Waals surface area (Å²) in [6, 6.07) is 6.24. The Morgan fingerprint density at radius 2 is 1.85 bits per heavy atom. The maximum Gasteiger partial charge on any atom is 0.417 e. The number of nitrogens with zero attached hydrogens (tertiary/aromatic N) is 3. The second-order valence-electron chi connectivity index (χ2n) is 6.26. The van der Waals surface area contributed by atoms with Crippen molar-refractivity contribution in [1.29, 1.82) is 0 Å². The van der Waals surface area contributed by atoms with Crippen LogP contribution >= 0.6 is 0 Å². The summed E-state index contributed by atoms with van der Waals surface area (Å²) in [5.74, 6) is -0.946. The van der Waals surface area contributed by atoms with E-state index in [-0.39, 0.29) is 5.91 Å². The topological polar surface area (TPSA) is 93.3 Å². The number of aliphatic imine (C=N–C) groups is 1. The quantitative estimate of drug-likeness (QED) is 0.784. The predicted octanol–water partition coefficient (Wildman–Crippen LogP) is 0.472. The van der Waals surface area contributed by atoms with Crippen molar-refractivity contribution in [1.82, 2.24) is 9.80 Å². The highest BCUT2D eigenvalue weighted by Gasteiger charge is 2.50. The Kier molecular flexibility index (Phi) is 4.89. The zero-order valence-electron chi connectivity index (χ0n) is 15.6. The van der Waals surface area contributed by atoms with Crippen molar-refractivity contribution < 1.29 is 24.1 Å². The Morgan fingerprint density at radius 1 is 1.19 bits per heavy atom. The minimum atomic E-state index is -0.682. The highest BCUT2D eigenvalue weighted by Crippen LogP contribution is 2.25. The summed E-state index contributed by atoms with van der Waals surface area (Å²) in [5, 5.41) is 0. The van der Waals surface area contributed by atoms with Crippen LogP contribution in [-0.2, 0) is 9.53 Å². The maximum absolute atomic E-state index is 12.8. The highest BCUT2D eigenvalue weighted by atomic mass is 16.5. The fraction of sp³-hybridized carbons (Fsp3) is 0.316. The molecule has 1 unspecified atom stereocenters. The van der Waals surface area contributed by atoms with Crippen molar-refractivity contribution in [2.24, 2.45) is 10.9 Å². The van der Waals surface area contributed by atoms with E-state index < -0.39 is 17.9 Å². The van der Waals surface area contributed by atoms with Crippen LogP contribution in [0.25, 0.3) is 0 Å². The van der Waals surface area contributed by atoms with Crippen LogP contribution in [0.3, 0.4) is 0 Å². The summed E-state index contributed by atoms with van der Waals surface area (Å²) >= 11 is 0. The zero-order chi connectivity index (χ0) is 19.7. The second-order valence-corrected chi connectivity index (χ2v) is 6.26. The molecule has 1 N–H and O–H groups in total. The number of hydrogen-bond acceptors (Lipinski definition) is 5. The predicted molar refractivity (Wildman–Crippen MR) is 98.6 cm³/mol. The van der Waals surface area contributed by atoms with Gasteiger partial charge in [0.1, 0.15) is 0 Å². The van der Waals surface area contributed by atoms with Crippen LogP contribution in [-0.4, -0.2) is 60.5 Å². The third-order valence-corrected chi connectivity index (χ3v) is 4.70. The molecule has 2 heterocycles. The summed E-state index contributed by atoms with van der Waals surface area (Å²) in [6.45, 7) is 1.97. The van der Waals surface area contributed by atoms with Gasteiger partial charge in [-0.2, -0.15) is 4.90 Å². The number of methoxy groups -OCH3 is 1. The number of carbonyl (C=O) groups excluding carboxylic acids is 3. The lowest BCUT2D eigenvalue weighted by molar-refractivity contribution is -0.383. The third-order valence-electron chi connectivity index (χ3n) is 4.70. The summed E-state index contributed by atoms with van der Waals surface area (Å²) in [5.41, 5.74) is 2.50. The molecule has 2 aliphatic heterocycles. The fourth-order valence-corrected chi connectivity index (χ4v) is 3.12. The number of benzene rings is 1. The number of amides is 3. The first-order valence-electron chi connectivity index (χ1n) is 8.54. The van der Waals surface area contributed by atoms with Crippen molar-refractivity contribution in [3.63, 3.8) is 0 Å². The van der Waals surface area contributed by atoms with Gasteiger partial charge in [0.15, 0.2) is 5.92 Å². The van der Waals surface area contributed by atoms with E-state index in [4.69, 9.17) is 4.74 Å². The van der Waals surface area contributed by atoms with Crippen molar-refractivity contribution in [2.45, 2.75) is 13.3 Å². The lowest BCUT2D eigenvalue weighted by atomic mass is 9.89. The molecule has 0 saturated carbocycles. The molecule has 0 spiro atoms. The molecule has 1 aromatic carbocycles. The van der Waals surface area contributed by atoms with Gasteiger partial charge in [-0.05, 0) is 30.7 Å². The average molecular weight is 369 g/mol. The number of fused-ring (bicyclic) bond motifs is 1. The number of amidine groups is 1. The molecule has 1 fully saturated rings. The van der Waals surface area contributed by atoms with Gasteiger partial charge in [0.05, 0.1) is 37.3 Å². The largest absolute Gasteiger partial charge is 0.465 e. The number of imide groups is 1. The first kappa shape index (κ1) is 18.5. The van der Waals surface area contributed by atoms with Gasteiger partial charge in [-0.3, -0.25) is 9.79 Å². The van der Waals surface area contributed by atoms with Crippen molar-refractivity contribution >= 4 is 35.1 Å². The van der Waals surface area contributed by atoms with E-state index in [0.717, 1.165) is 10.5 Å². The number of allylic oxidation sites excluding steroid dienone is 1. The summed E-state index contributed by atoms with van der Waals surface area (Å²) in [7, 11) is 4.41. The Morgan fingerprint density at radius 3 is 2.44 bits per heavy atom. The molecule has 27 heavy (non-hydrogen) atoms. The molecule has 140 valence electrons. The van der Waals surface area contributed by atoms with E-state index in [9.17, 15) is 14.4 Å². The average Bonchev–Trinajstić information content (AvgIpc) is 2.70. The van der Waals surface area contributed by atoms with E-state index in [2.05, 4.69) is 9.98 Å². The minimum absolute atomic E-state index is 0.329. The molecule has 0 bridgehead atoms. The molecule has 8 nitrogen and oxygen atoms in total. The third kappa shape index (κ3) is 3.14. The van der Waals surface area contributed by atoms with Crippen LogP contribution in [0.1, 0.15) is 23.7 Å². The van der Waals surface area contributed by atoms with E-state index in [1.54, 1.807) is 37.5 Å². The Bertz CT molecular complexity index is 899.